The highest BCUT2D eigenvalue weighted by Gasteiger charge is 2.28. The molecule has 1 aromatic rings. The fourth-order valence-corrected chi connectivity index (χ4v) is 2.07. The van der Waals surface area contributed by atoms with Crippen molar-refractivity contribution >= 4 is 15.9 Å². The number of nitrogens with one attached hydrogen (secondary N) is 1. The van der Waals surface area contributed by atoms with E-state index >= 15 is 0 Å². The summed E-state index contributed by atoms with van der Waals surface area (Å²) < 4.78 is 50.0. The molecule has 1 unspecified atom stereocenters. The van der Waals surface area contributed by atoms with Crippen molar-refractivity contribution in [3.05, 3.63) is 34.1 Å². The van der Waals surface area contributed by atoms with Crippen LogP contribution in [0.1, 0.15) is 24.4 Å². The number of alkyl halides is 3. The molecule has 0 radical (unpaired) electrons. The lowest BCUT2D eigenvalue weighted by molar-refractivity contribution is -0.136. The van der Waals surface area contributed by atoms with Crippen LogP contribution in [-0.4, -0.2) is 13.2 Å². The molecule has 0 fully saturated rings. The van der Waals surface area contributed by atoms with E-state index in [0.29, 0.717) is 10.0 Å². The SMILES string of the molecule is CNC(CCC(F)(F)F)c1cc(F)ccc1Br. The van der Waals surface area contributed by atoms with E-state index in [0.717, 1.165) is 0 Å². The first-order valence-corrected chi connectivity index (χ1v) is 5.82. The first kappa shape index (κ1) is 14.4. The molecule has 0 aliphatic heterocycles. The topological polar surface area (TPSA) is 12.0 Å². The summed E-state index contributed by atoms with van der Waals surface area (Å²) in [6, 6.07) is 3.45. The summed E-state index contributed by atoms with van der Waals surface area (Å²) >= 11 is 3.20. The van der Waals surface area contributed by atoms with Gasteiger partial charge in [0.15, 0.2) is 0 Å². The van der Waals surface area contributed by atoms with Crippen molar-refractivity contribution in [3.63, 3.8) is 0 Å². The van der Waals surface area contributed by atoms with Gasteiger partial charge in [-0.2, -0.15) is 13.2 Å². The second-order valence-corrected chi connectivity index (χ2v) is 4.52. The maximum atomic E-state index is 13.0. The van der Waals surface area contributed by atoms with Gasteiger partial charge < -0.3 is 5.32 Å². The van der Waals surface area contributed by atoms with E-state index < -0.39 is 24.5 Å². The van der Waals surface area contributed by atoms with Crippen LogP contribution in [0.4, 0.5) is 17.6 Å². The van der Waals surface area contributed by atoms with Gasteiger partial charge >= 0.3 is 6.18 Å². The van der Waals surface area contributed by atoms with Gasteiger partial charge in [-0.05, 0) is 37.2 Å². The first-order valence-electron chi connectivity index (χ1n) is 5.02. The number of halogens is 5. The van der Waals surface area contributed by atoms with E-state index in [-0.39, 0.29) is 6.42 Å². The quantitative estimate of drug-likeness (QED) is 0.822. The Morgan fingerprint density at radius 3 is 2.53 bits per heavy atom. The molecule has 1 aromatic carbocycles. The maximum absolute atomic E-state index is 13.0. The number of rotatable bonds is 4. The molecular formula is C11H12BrF4N. The van der Waals surface area contributed by atoms with Crippen LogP contribution in [0.25, 0.3) is 0 Å². The average molecular weight is 314 g/mol. The minimum absolute atomic E-state index is 0.123. The highest BCUT2D eigenvalue weighted by molar-refractivity contribution is 9.10. The predicted octanol–water partition coefficient (Wildman–Crippen LogP) is 4.19. The van der Waals surface area contributed by atoms with Gasteiger partial charge in [-0.25, -0.2) is 4.39 Å². The second kappa shape index (κ2) is 5.82. The predicted molar refractivity (Wildman–Crippen MR) is 61.2 cm³/mol. The highest BCUT2D eigenvalue weighted by atomic mass is 79.9. The van der Waals surface area contributed by atoms with Crippen molar-refractivity contribution in [1.82, 2.24) is 5.32 Å². The monoisotopic (exact) mass is 313 g/mol. The van der Waals surface area contributed by atoms with Crippen LogP contribution in [0, 0.1) is 5.82 Å². The van der Waals surface area contributed by atoms with Gasteiger partial charge in [0.1, 0.15) is 5.82 Å². The zero-order valence-electron chi connectivity index (χ0n) is 9.11. The van der Waals surface area contributed by atoms with Crippen LogP contribution in [0.5, 0.6) is 0 Å². The van der Waals surface area contributed by atoms with Crippen molar-refractivity contribution in [2.45, 2.75) is 25.1 Å². The minimum Gasteiger partial charge on any atom is -0.313 e. The van der Waals surface area contributed by atoms with Crippen LogP contribution < -0.4 is 5.32 Å². The third-order valence-electron chi connectivity index (χ3n) is 2.40. The molecule has 0 aliphatic rings. The lowest BCUT2D eigenvalue weighted by Gasteiger charge is -2.19. The van der Waals surface area contributed by atoms with E-state index in [1.165, 1.54) is 18.2 Å². The van der Waals surface area contributed by atoms with Gasteiger partial charge in [0, 0.05) is 16.9 Å². The summed E-state index contributed by atoms with van der Waals surface area (Å²) in [5, 5.41) is 2.76. The van der Waals surface area contributed by atoms with E-state index in [2.05, 4.69) is 21.2 Å². The minimum atomic E-state index is -4.20. The Bertz CT molecular complexity index is 378. The van der Waals surface area contributed by atoms with Gasteiger partial charge in [0.2, 0.25) is 0 Å². The lowest BCUT2D eigenvalue weighted by atomic mass is 10.0. The zero-order chi connectivity index (χ0) is 13.1. The molecule has 1 rings (SSSR count). The third-order valence-corrected chi connectivity index (χ3v) is 3.12. The summed E-state index contributed by atoms with van der Waals surface area (Å²) in [5.41, 5.74) is 0.497. The van der Waals surface area contributed by atoms with Crippen LogP contribution in [0.15, 0.2) is 22.7 Å². The smallest absolute Gasteiger partial charge is 0.313 e. The Morgan fingerprint density at radius 2 is 2.00 bits per heavy atom. The Balaban J connectivity index is 2.82. The molecule has 0 bridgehead atoms. The molecule has 0 saturated carbocycles. The van der Waals surface area contributed by atoms with Crippen LogP contribution in [0.2, 0.25) is 0 Å². The number of hydrogen-bond donors (Lipinski definition) is 1. The maximum Gasteiger partial charge on any atom is 0.389 e. The molecule has 1 nitrogen and oxygen atoms in total. The molecule has 96 valence electrons. The number of hydrogen-bond acceptors (Lipinski definition) is 1. The molecule has 0 spiro atoms. The molecule has 17 heavy (non-hydrogen) atoms. The Morgan fingerprint density at radius 1 is 1.35 bits per heavy atom. The first-order chi connectivity index (χ1) is 7.83. The van der Waals surface area contributed by atoms with Crippen molar-refractivity contribution in [2.75, 3.05) is 7.05 Å². The van der Waals surface area contributed by atoms with Gasteiger partial charge in [-0.3, -0.25) is 0 Å². The molecule has 6 heteroatoms. The van der Waals surface area contributed by atoms with Gasteiger partial charge in [-0.15, -0.1) is 0 Å². The van der Waals surface area contributed by atoms with E-state index in [4.69, 9.17) is 0 Å². The Hall–Kier alpha value is -0.620. The van der Waals surface area contributed by atoms with Crippen LogP contribution in [-0.2, 0) is 0 Å². The molecule has 1 atom stereocenters. The molecule has 0 aromatic heterocycles. The Kier molecular flexibility index (Phi) is 4.94. The van der Waals surface area contributed by atoms with Crippen molar-refractivity contribution in [1.29, 1.82) is 0 Å². The Labute approximate surface area is 105 Å². The lowest BCUT2D eigenvalue weighted by Crippen LogP contribution is -2.20. The van der Waals surface area contributed by atoms with E-state index in [1.807, 2.05) is 0 Å². The fourth-order valence-electron chi connectivity index (χ4n) is 1.54. The molecule has 0 heterocycles. The van der Waals surface area contributed by atoms with Crippen LogP contribution >= 0.6 is 15.9 Å². The second-order valence-electron chi connectivity index (χ2n) is 3.66. The standard InChI is InChI=1S/C11H12BrF4N/c1-17-10(4-5-11(14,15)16)8-6-7(13)2-3-9(8)12/h2-3,6,10,17H,4-5H2,1H3. The van der Waals surface area contributed by atoms with E-state index in [9.17, 15) is 17.6 Å². The van der Waals surface area contributed by atoms with Crippen molar-refractivity contribution < 1.29 is 17.6 Å². The summed E-state index contributed by atoms with van der Waals surface area (Å²) in [4.78, 5) is 0. The zero-order valence-corrected chi connectivity index (χ0v) is 10.7. The molecular weight excluding hydrogens is 302 g/mol. The molecule has 0 aliphatic carbocycles. The summed E-state index contributed by atoms with van der Waals surface area (Å²) in [7, 11) is 1.55. The molecule has 0 amide bonds. The summed E-state index contributed by atoms with van der Waals surface area (Å²) in [6.07, 6.45) is -5.22. The largest absolute Gasteiger partial charge is 0.389 e. The fraction of sp³-hybridized carbons (Fsp3) is 0.455. The third kappa shape index (κ3) is 4.63. The summed E-state index contributed by atoms with van der Waals surface area (Å²) in [6.45, 7) is 0. The molecule has 1 N–H and O–H groups in total. The van der Waals surface area contributed by atoms with E-state index in [1.54, 1.807) is 7.05 Å². The normalized spacial score (nSPS) is 13.8. The van der Waals surface area contributed by atoms with Crippen molar-refractivity contribution in [3.8, 4) is 0 Å². The van der Waals surface area contributed by atoms with Gasteiger partial charge in [-0.1, -0.05) is 15.9 Å². The van der Waals surface area contributed by atoms with Crippen molar-refractivity contribution in [2.24, 2.45) is 0 Å². The van der Waals surface area contributed by atoms with Crippen LogP contribution in [0.3, 0.4) is 0 Å². The highest BCUT2D eigenvalue weighted by Crippen LogP contribution is 2.31. The number of benzene rings is 1. The summed E-state index contributed by atoms with van der Waals surface area (Å²) in [5.74, 6) is -0.463. The van der Waals surface area contributed by atoms with Gasteiger partial charge in [0.05, 0.1) is 0 Å². The van der Waals surface area contributed by atoms with Gasteiger partial charge in [0.25, 0.3) is 0 Å². The molecule has 0 saturated heterocycles. The average Bonchev–Trinajstić information content (AvgIpc) is 2.22.